The summed E-state index contributed by atoms with van der Waals surface area (Å²) in [6, 6.07) is 17.3. The fourth-order valence-electron chi connectivity index (χ4n) is 3.95. The van der Waals surface area contributed by atoms with Gasteiger partial charge in [0.1, 0.15) is 12.2 Å². The minimum absolute atomic E-state index is 0.0286. The number of hydrogen-bond acceptors (Lipinski definition) is 3. The van der Waals surface area contributed by atoms with E-state index in [0.29, 0.717) is 18.7 Å². The number of rotatable bonds is 2. The molecule has 2 fully saturated rings. The number of amides is 2. The Morgan fingerprint density at radius 1 is 1.04 bits per heavy atom. The Morgan fingerprint density at radius 3 is 2.52 bits per heavy atom. The van der Waals surface area contributed by atoms with Crippen LogP contribution in [0.15, 0.2) is 54.6 Å². The summed E-state index contributed by atoms with van der Waals surface area (Å²) in [5, 5.41) is 0. The topological polar surface area (TPSA) is 49.9 Å². The van der Waals surface area contributed by atoms with Crippen molar-refractivity contribution in [2.75, 3.05) is 31.1 Å². The van der Waals surface area contributed by atoms with Gasteiger partial charge >= 0.3 is 0 Å². The average molecular weight is 364 g/mol. The Labute approximate surface area is 159 Å². The van der Waals surface area contributed by atoms with Crippen LogP contribution in [0.5, 0.6) is 0 Å². The zero-order valence-corrected chi connectivity index (χ0v) is 15.6. The van der Waals surface area contributed by atoms with Crippen molar-refractivity contribution < 1.29 is 14.3 Å². The maximum Gasteiger partial charge on any atom is 0.253 e. The van der Waals surface area contributed by atoms with Crippen LogP contribution in [0.4, 0.5) is 5.69 Å². The first kappa shape index (κ1) is 17.7. The first-order chi connectivity index (χ1) is 13.1. The van der Waals surface area contributed by atoms with Crippen molar-refractivity contribution in [1.29, 1.82) is 0 Å². The molecule has 2 aliphatic rings. The van der Waals surface area contributed by atoms with Crippen molar-refractivity contribution in [3.63, 3.8) is 0 Å². The molecule has 0 aromatic heterocycles. The highest BCUT2D eigenvalue weighted by molar-refractivity contribution is 5.96. The number of para-hydroxylation sites is 1. The SMILES string of the molecule is Cc1ccc(C(=O)N2CCCC3(C2)CN(c2ccccc2)C(=O)CO3)cc1. The van der Waals surface area contributed by atoms with E-state index in [1.54, 1.807) is 4.90 Å². The minimum Gasteiger partial charge on any atom is -0.361 e. The summed E-state index contributed by atoms with van der Waals surface area (Å²) in [6.45, 7) is 3.78. The Balaban J connectivity index is 1.53. The van der Waals surface area contributed by atoms with E-state index in [-0.39, 0.29) is 18.4 Å². The monoisotopic (exact) mass is 364 g/mol. The van der Waals surface area contributed by atoms with Crippen LogP contribution in [-0.4, -0.2) is 48.6 Å². The second-order valence-electron chi connectivity index (χ2n) is 7.48. The highest BCUT2D eigenvalue weighted by Crippen LogP contribution is 2.32. The van der Waals surface area contributed by atoms with Crippen LogP contribution in [0.1, 0.15) is 28.8 Å². The molecule has 1 spiro atoms. The molecule has 27 heavy (non-hydrogen) atoms. The molecule has 2 saturated heterocycles. The highest BCUT2D eigenvalue weighted by atomic mass is 16.5. The van der Waals surface area contributed by atoms with E-state index in [4.69, 9.17) is 4.74 Å². The van der Waals surface area contributed by atoms with Crippen molar-refractivity contribution in [2.24, 2.45) is 0 Å². The maximum absolute atomic E-state index is 12.9. The smallest absolute Gasteiger partial charge is 0.253 e. The summed E-state index contributed by atoms with van der Waals surface area (Å²) in [6.07, 6.45) is 1.72. The van der Waals surface area contributed by atoms with Gasteiger partial charge in [-0.25, -0.2) is 0 Å². The molecule has 2 aromatic rings. The third-order valence-electron chi connectivity index (χ3n) is 5.44. The van der Waals surface area contributed by atoms with Gasteiger partial charge in [-0.3, -0.25) is 9.59 Å². The van der Waals surface area contributed by atoms with E-state index in [2.05, 4.69) is 0 Å². The van der Waals surface area contributed by atoms with Crippen LogP contribution < -0.4 is 4.90 Å². The molecule has 0 saturated carbocycles. The second kappa shape index (κ2) is 7.16. The predicted molar refractivity (Wildman–Crippen MR) is 104 cm³/mol. The van der Waals surface area contributed by atoms with E-state index in [1.165, 1.54) is 0 Å². The summed E-state index contributed by atoms with van der Waals surface area (Å²) in [5.41, 5.74) is 2.22. The van der Waals surface area contributed by atoms with Gasteiger partial charge in [0.15, 0.2) is 0 Å². The molecule has 2 aliphatic heterocycles. The number of benzene rings is 2. The number of aryl methyl sites for hydroxylation is 1. The van der Waals surface area contributed by atoms with Crippen molar-refractivity contribution in [2.45, 2.75) is 25.4 Å². The number of carbonyl (C=O) groups excluding carboxylic acids is 2. The summed E-state index contributed by atoms with van der Waals surface area (Å²) >= 11 is 0. The van der Waals surface area contributed by atoms with E-state index in [1.807, 2.05) is 66.4 Å². The Kier molecular flexibility index (Phi) is 4.70. The molecule has 2 aromatic carbocycles. The fraction of sp³-hybridized carbons (Fsp3) is 0.364. The third-order valence-corrected chi connectivity index (χ3v) is 5.44. The Bertz CT molecular complexity index is 834. The lowest BCUT2D eigenvalue weighted by Gasteiger charge is -2.47. The molecular formula is C22H24N2O3. The summed E-state index contributed by atoms with van der Waals surface area (Å²) in [5.74, 6) is -0.00496. The summed E-state index contributed by atoms with van der Waals surface area (Å²) in [7, 11) is 0. The molecule has 1 unspecified atom stereocenters. The number of nitrogens with zero attached hydrogens (tertiary/aromatic N) is 2. The quantitative estimate of drug-likeness (QED) is 0.823. The average Bonchev–Trinajstić information content (AvgIpc) is 2.71. The first-order valence-electron chi connectivity index (χ1n) is 9.42. The van der Waals surface area contributed by atoms with Crippen LogP contribution >= 0.6 is 0 Å². The van der Waals surface area contributed by atoms with Gasteiger partial charge in [-0.15, -0.1) is 0 Å². The molecule has 0 N–H and O–H groups in total. The van der Waals surface area contributed by atoms with Gasteiger partial charge in [-0.1, -0.05) is 35.9 Å². The Hall–Kier alpha value is -2.66. The van der Waals surface area contributed by atoms with Gasteiger partial charge in [0.05, 0.1) is 13.1 Å². The van der Waals surface area contributed by atoms with Crippen LogP contribution in [0.25, 0.3) is 0 Å². The summed E-state index contributed by atoms with van der Waals surface area (Å²) < 4.78 is 6.02. The van der Waals surface area contributed by atoms with Gasteiger partial charge < -0.3 is 14.5 Å². The molecule has 2 amide bonds. The maximum atomic E-state index is 12.9. The number of anilines is 1. The molecule has 140 valence electrons. The zero-order valence-electron chi connectivity index (χ0n) is 15.6. The van der Waals surface area contributed by atoms with Gasteiger partial charge in [0, 0.05) is 17.8 Å². The minimum atomic E-state index is -0.498. The standard InChI is InChI=1S/C22H24N2O3/c1-17-8-10-18(11-9-17)21(26)23-13-5-12-22(15-23)16-24(20(25)14-27-22)19-6-3-2-4-7-19/h2-4,6-11H,5,12-16H2,1H3. The Morgan fingerprint density at radius 2 is 1.78 bits per heavy atom. The lowest BCUT2D eigenvalue weighted by Crippen LogP contribution is -2.62. The van der Waals surface area contributed by atoms with E-state index < -0.39 is 5.60 Å². The normalized spacial score (nSPS) is 22.9. The van der Waals surface area contributed by atoms with E-state index >= 15 is 0 Å². The molecule has 0 radical (unpaired) electrons. The molecule has 4 rings (SSSR count). The van der Waals surface area contributed by atoms with Crippen LogP contribution in [0.3, 0.4) is 0 Å². The first-order valence-corrected chi connectivity index (χ1v) is 9.42. The third kappa shape index (κ3) is 3.60. The lowest BCUT2D eigenvalue weighted by atomic mass is 9.90. The van der Waals surface area contributed by atoms with E-state index in [0.717, 1.165) is 30.6 Å². The fourth-order valence-corrected chi connectivity index (χ4v) is 3.95. The largest absolute Gasteiger partial charge is 0.361 e. The number of morpholine rings is 1. The molecule has 0 aliphatic carbocycles. The van der Waals surface area contributed by atoms with Gasteiger partial charge in [-0.2, -0.15) is 0 Å². The van der Waals surface area contributed by atoms with Gasteiger partial charge in [0.25, 0.3) is 11.8 Å². The molecule has 5 nitrogen and oxygen atoms in total. The van der Waals surface area contributed by atoms with Gasteiger partial charge in [-0.05, 0) is 44.0 Å². The summed E-state index contributed by atoms with van der Waals surface area (Å²) in [4.78, 5) is 29.0. The molecule has 5 heteroatoms. The number of ether oxygens (including phenoxy) is 1. The number of carbonyl (C=O) groups is 2. The lowest BCUT2D eigenvalue weighted by molar-refractivity contribution is -0.144. The molecule has 2 heterocycles. The number of piperidine rings is 1. The molecule has 0 bridgehead atoms. The van der Waals surface area contributed by atoms with Crippen molar-refractivity contribution in [1.82, 2.24) is 4.90 Å². The van der Waals surface area contributed by atoms with Crippen molar-refractivity contribution in [3.05, 3.63) is 65.7 Å². The predicted octanol–water partition coefficient (Wildman–Crippen LogP) is 3.03. The van der Waals surface area contributed by atoms with Crippen LogP contribution in [0, 0.1) is 6.92 Å². The highest BCUT2D eigenvalue weighted by Gasteiger charge is 2.44. The van der Waals surface area contributed by atoms with Crippen molar-refractivity contribution in [3.8, 4) is 0 Å². The number of hydrogen-bond donors (Lipinski definition) is 0. The zero-order chi connectivity index (χ0) is 18.9. The van der Waals surface area contributed by atoms with Crippen LogP contribution in [-0.2, 0) is 9.53 Å². The van der Waals surface area contributed by atoms with Crippen LogP contribution in [0.2, 0.25) is 0 Å². The molecule has 1 atom stereocenters. The van der Waals surface area contributed by atoms with Gasteiger partial charge in [0.2, 0.25) is 0 Å². The molecular weight excluding hydrogens is 340 g/mol. The van der Waals surface area contributed by atoms with E-state index in [9.17, 15) is 9.59 Å². The second-order valence-corrected chi connectivity index (χ2v) is 7.48. The van der Waals surface area contributed by atoms with Crippen molar-refractivity contribution >= 4 is 17.5 Å². The number of likely N-dealkylation sites (tertiary alicyclic amines) is 1.